The van der Waals surface area contributed by atoms with Crippen LogP contribution in [0.1, 0.15) is 0 Å². The van der Waals surface area contributed by atoms with E-state index in [0.29, 0.717) is 19.8 Å². The van der Waals surface area contributed by atoms with Crippen LogP contribution in [0.15, 0.2) is 0 Å². The van der Waals surface area contributed by atoms with Crippen LogP contribution in [-0.4, -0.2) is 44.0 Å². The molecule has 0 bridgehead atoms. The van der Waals surface area contributed by atoms with Gasteiger partial charge in [0.05, 0.1) is 13.2 Å². The molecule has 0 aromatic rings. The lowest BCUT2D eigenvalue weighted by Crippen LogP contribution is -2.25. The highest BCUT2D eigenvalue weighted by molar-refractivity contribution is 5.81. The van der Waals surface area contributed by atoms with Gasteiger partial charge in [-0.15, -0.1) is 0 Å². The lowest BCUT2D eigenvalue weighted by atomic mass is 10.4. The van der Waals surface area contributed by atoms with Gasteiger partial charge in [-0.05, 0) is 7.05 Å². The van der Waals surface area contributed by atoms with Crippen LogP contribution in [-0.2, 0) is 9.53 Å². The summed E-state index contributed by atoms with van der Waals surface area (Å²) in [6.45, 7) is 2.39. The molecule has 52 valence electrons. The van der Waals surface area contributed by atoms with Gasteiger partial charge in [0.25, 0.3) is 0 Å². The normalized spacial score (nSPS) is 23.9. The molecule has 0 saturated carbocycles. The number of hydrogen-bond acceptors (Lipinski definition) is 3. The highest BCUT2D eigenvalue weighted by Gasteiger charge is 2.10. The zero-order valence-corrected chi connectivity index (χ0v) is 5.59. The second-order valence-electron chi connectivity index (χ2n) is 2.33. The van der Waals surface area contributed by atoms with Crippen molar-refractivity contribution in [1.82, 2.24) is 4.90 Å². The number of carbonyl (C=O) groups is 1. The molecule has 0 amide bonds. The summed E-state index contributed by atoms with van der Waals surface area (Å²) >= 11 is 0. The standard InChI is InChI=1S/C6H11NO2/c1-7-2-3-9-5-6(8)4-7/h2-5H2,1H3. The molecule has 9 heavy (non-hydrogen) atoms. The van der Waals surface area contributed by atoms with Crippen LogP contribution < -0.4 is 0 Å². The average Bonchev–Trinajstić information content (AvgIpc) is 1.93. The molecule has 1 fully saturated rings. The van der Waals surface area contributed by atoms with Crippen molar-refractivity contribution in [1.29, 1.82) is 0 Å². The first-order chi connectivity index (χ1) is 4.29. The molecule has 0 aliphatic carbocycles. The molecule has 0 radical (unpaired) electrons. The molecular weight excluding hydrogens is 118 g/mol. The van der Waals surface area contributed by atoms with E-state index in [2.05, 4.69) is 0 Å². The number of ether oxygens (including phenoxy) is 1. The summed E-state index contributed by atoms with van der Waals surface area (Å²) < 4.78 is 4.99. The minimum Gasteiger partial charge on any atom is -0.372 e. The maximum absolute atomic E-state index is 10.7. The third kappa shape index (κ3) is 2.11. The summed E-state index contributed by atoms with van der Waals surface area (Å²) in [5.41, 5.74) is 0. The Morgan fingerprint density at radius 3 is 3.22 bits per heavy atom. The Morgan fingerprint density at radius 2 is 2.44 bits per heavy atom. The van der Waals surface area contributed by atoms with Gasteiger partial charge in [0, 0.05) is 6.54 Å². The van der Waals surface area contributed by atoms with Crippen molar-refractivity contribution in [3.63, 3.8) is 0 Å². The van der Waals surface area contributed by atoms with Gasteiger partial charge in [-0.1, -0.05) is 0 Å². The van der Waals surface area contributed by atoms with E-state index in [1.807, 2.05) is 11.9 Å². The summed E-state index contributed by atoms with van der Waals surface area (Å²) in [5, 5.41) is 0. The summed E-state index contributed by atoms with van der Waals surface area (Å²) in [6, 6.07) is 0. The quantitative estimate of drug-likeness (QED) is 0.442. The molecule has 0 unspecified atom stereocenters. The summed E-state index contributed by atoms with van der Waals surface area (Å²) in [4.78, 5) is 12.7. The Kier molecular flexibility index (Phi) is 2.19. The Labute approximate surface area is 54.6 Å². The van der Waals surface area contributed by atoms with Gasteiger partial charge in [-0.25, -0.2) is 0 Å². The molecule has 0 N–H and O–H groups in total. The van der Waals surface area contributed by atoms with Gasteiger partial charge in [0.15, 0.2) is 5.78 Å². The molecule has 1 heterocycles. The van der Waals surface area contributed by atoms with E-state index in [1.54, 1.807) is 0 Å². The second kappa shape index (κ2) is 2.94. The van der Waals surface area contributed by atoms with Crippen LogP contribution in [0.25, 0.3) is 0 Å². The van der Waals surface area contributed by atoms with E-state index in [1.165, 1.54) is 0 Å². The second-order valence-corrected chi connectivity index (χ2v) is 2.33. The van der Waals surface area contributed by atoms with Gasteiger partial charge < -0.3 is 4.74 Å². The van der Waals surface area contributed by atoms with Crippen LogP contribution in [0.2, 0.25) is 0 Å². The smallest absolute Gasteiger partial charge is 0.172 e. The van der Waals surface area contributed by atoms with E-state index in [9.17, 15) is 4.79 Å². The lowest BCUT2D eigenvalue weighted by molar-refractivity contribution is -0.122. The van der Waals surface area contributed by atoms with Gasteiger partial charge >= 0.3 is 0 Å². The SMILES string of the molecule is CN1CCOCC(=O)C1. The van der Waals surface area contributed by atoms with Crippen LogP contribution in [0.5, 0.6) is 0 Å². The molecule has 3 nitrogen and oxygen atoms in total. The molecule has 0 atom stereocenters. The fraction of sp³-hybridized carbons (Fsp3) is 0.833. The monoisotopic (exact) mass is 129 g/mol. The minimum absolute atomic E-state index is 0.176. The number of rotatable bonds is 0. The molecule has 1 saturated heterocycles. The molecule has 1 aliphatic rings. The van der Waals surface area contributed by atoms with Crippen molar-refractivity contribution in [3.05, 3.63) is 0 Å². The minimum atomic E-state index is 0.176. The third-order valence-electron chi connectivity index (χ3n) is 1.33. The molecule has 1 rings (SSSR count). The zero-order valence-electron chi connectivity index (χ0n) is 5.59. The van der Waals surface area contributed by atoms with E-state index in [-0.39, 0.29) is 5.78 Å². The molecular formula is C6H11NO2. The van der Waals surface area contributed by atoms with Crippen molar-refractivity contribution < 1.29 is 9.53 Å². The van der Waals surface area contributed by atoms with Gasteiger partial charge in [-0.2, -0.15) is 0 Å². The predicted molar refractivity (Wildman–Crippen MR) is 33.3 cm³/mol. The molecule has 1 aliphatic heterocycles. The van der Waals surface area contributed by atoms with Crippen LogP contribution in [0.4, 0.5) is 0 Å². The van der Waals surface area contributed by atoms with Gasteiger partial charge in [0.1, 0.15) is 6.61 Å². The highest BCUT2D eigenvalue weighted by Crippen LogP contribution is 1.90. The Morgan fingerprint density at radius 1 is 1.67 bits per heavy atom. The van der Waals surface area contributed by atoms with E-state index < -0.39 is 0 Å². The first kappa shape index (κ1) is 6.71. The number of hydrogen-bond donors (Lipinski definition) is 0. The molecule has 0 spiro atoms. The van der Waals surface area contributed by atoms with Crippen molar-refractivity contribution in [2.75, 3.05) is 33.4 Å². The lowest BCUT2D eigenvalue weighted by Gasteiger charge is -2.08. The van der Waals surface area contributed by atoms with Crippen molar-refractivity contribution >= 4 is 5.78 Å². The first-order valence-electron chi connectivity index (χ1n) is 3.07. The Bertz CT molecular complexity index is 114. The fourth-order valence-corrected chi connectivity index (χ4v) is 0.832. The van der Waals surface area contributed by atoms with Gasteiger partial charge in [-0.3, -0.25) is 9.69 Å². The van der Waals surface area contributed by atoms with E-state index in [4.69, 9.17) is 4.74 Å². The van der Waals surface area contributed by atoms with Crippen molar-refractivity contribution in [2.45, 2.75) is 0 Å². The topological polar surface area (TPSA) is 29.5 Å². The fourth-order valence-electron chi connectivity index (χ4n) is 0.832. The number of Topliss-reactive ketones (excluding diaryl/α,β-unsaturated/α-hetero) is 1. The number of carbonyl (C=O) groups excluding carboxylic acids is 1. The third-order valence-corrected chi connectivity index (χ3v) is 1.33. The van der Waals surface area contributed by atoms with Gasteiger partial charge in [0.2, 0.25) is 0 Å². The molecule has 0 aromatic carbocycles. The highest BCUT2D eigenvalue weighted by atomic mass is 16.5. The van der Waals surface area contributed by atoms with Crippen molar-refractivity contribution in [3.8, 4) is 0 Å². The maximum Gasteiger partial charge on any atom is 0.172 e. The number of nitrogens with zero attached hydrogens (tertiary/aromatic N) is 1. The first-order valence-corrected chi connectivity index (χ1v) is 3.07. The summed E-state index contributed by atoms with van der Waals surface area (Å²) in [7, 11) is 1.92. The summed E-state index contributed by atoms with van der Waals surface area (Å²) in [6.07, 6.45) is 0. The average molecular weight is 129 g/mol. The maximum atomic E-state index is 10.7. The number of likely N-dealkylation sites (N-methyl/N-ethyl adjacent to an activating group) is 1. The predicted octanol–water partition coefficient (Wildman–Crippen LogP) is -0.483. The zero-order chi connectivity index (χ0) is 6.69. The molecule has 3 heteroatoms. The molecule has 0 aromatic heterocycles. The Hall–Kier alpha value is -0.410. The van der Waals surface area contributed by atoms with Crippen LogP contribution in [0, 0.1) is 0 Å². The largest absolute Gasteiger partial charge is 0.372 e. The summed E-state index contributed by atoms with van der Waals surface area (Å²) in [5.74, 6) is 0.176. The van der Waals surface area contributed by atoms with E-state index >= 15 is 0 Å². The number of ketones is 1. The van der Waals surface area contributed by atoms with E-state index in [0.717, 1.165) is 6.54 Å². The Balaban J connectivity index is 2.37. The van der Waals surface area contributed by atoms with Crippen molar-refractivity contribution in [2.24, 2.45) is 0 Å². The van der Waals surface area contributed by atoms with Crippen LogP contribution >= 0.6 is 0 Å². The van der Waals surface area contributed by atoms with Crippen LogP contribution in [0.3, 0.4) is 0 Å².